The van der Waals surface area contributed by atoms with Crippen LogP contribution in [0.15, 0.2) is 36.8 Å². The maximum Gasteiger partial charge on any atom is 0.228 e. The normalized spacial score (nSPS) is 20.8. The summed E-state index contributed by atoms with van der Waals surface area (Å²) in [7, 11) is 0. The first-order valence-electron chi connectivity index (χ1n) is 12.0. The highest BCUT2D eigenvalue weighted by Gasteiger charge is 2.32. The van der Waals surface area contributed by atoms with Crippen molar-refractivity contribution in [3.8, 4) is 11.3 Å². The van der Waals surface area contributed by atoms with Gasteiger partial charge in [-0.3, -0.25) is 9.36 Å². The molecule has 8 nitrogen and oxygen atoms in total. The zero-order valence-corrected chi connectivity index (χ0v) is 19.9. The van der Waals surface area contributed by atoms with Gasteiger partial charge in [0.2, 0.25) is 5.95 Å². The molecule has 10 heteroatoms. The van der Waals surface area contributed by atoms with Gasteiger partial charge in [0.25, 0.3) is 0 Å². The van der Waals surface area contributed by atoms with Crippen LogP contribution in [-0.2, 0) is 4.74 Å². The summed E-state index contributed by atoms with van der Waals surface area (Å²) in [4.78, 5) is 11.6. The van der Waals surface area contributed by atoms with E-state index in [0.29, 0.717) is 41.8 Å². The Kier molecular flexibility index (Phi) is 5.28. The van der Waals surface area contributed by atoms with Crippen molar-refractivity contribution in [3.63, 3.8) is 0 Å². The third-order valence-corrected chi connectivity index (χ3v) is 6.56. The Morgan fingerprint density at radius 1 is 1.09 bits per heavy atom. The van der Waals surface area contributed by atoms with Crippen molar-refractivity contribution >= 4 is 17.0 Å². The average Bonchev–Trinajstić information content (AvgIpc) is 3.38. The fourth-order valence-electron chi connectivity index (χ4n) is 4.56. The first-order chi connectivity index (χ1) is 16.9. The Morgan fingerprint density at radius 2 is 1.91 bits per heavy atom. The minimum absolute atomic E-state index is 0.0726. The molecular weight excluding hydrogens is 452 g/mol. The summed E-state index contributed by atoms with van der Waals surface area (Å²) in [6.45, 7) is 7.14. The Morgan fingerprint density at radius 3 is 2.66 bits per heavy atom. The smallest absolute Gasteiger partial charge is 0.228 e. The number of aromatic nitrogens is 6. The maximum atomic E-state index is 14.9. The number of ether oxygens (including phenoxy) is 1. The largest absolute Gasteiger partial charge is 0.367 e. The second kappa shape index (κ2) is 8.37. The van der Waals surface area contributed by atoms with Crippen LogP contribution in [-0.4, -0.2) is 48.7 Å². The van der Waals surface area contributed by atoms with Gasteiger partial charge in [0.15, 0.2) is 5.65 Å². The first-order valence-corrected chi connectivity index (χ1v) is 12.0. The van der Waals surface area contributed by atoms with Crippen molar-refractivity contribution in [2.45, 2.75) is 57.9 Å². The van der Waals surface area contributed by atoms with Crippen molar-refractivity contribution in [2.75, 3.05) is 18.0 Å². The highest BCUT2D eigenvalue weighted by atomic mass is 19.1. The predicted molar refractivity (Wildman–Crippen MR) is 127 cm³/mol. The molecule has 0 N–H and O–H groups in total. The van der Waals surface area contributed by atoms with Crippen molar-refractivity contribution in [2.24, 2.45) is 0 Å². The molecule has 1 aliphatic heterocycles. The fraction of sp³-hybridized carbons (Fsp3) is 0.440. The molecule has 0 amide bonds. The number of rotatable bonds is 5. The van der Waals surface area contributed by atoms with Crippen LogP contribution >= 0.6 is 0 Å². The standard InChI is InChI=1S/C25H27F2N7O/c1-14(2)33-12-20-23(19-7-4-17(26)8-21(19)27)29-25(30-24(20)31-33)32-10-15(3)35-22(13-32)16-9-28-34(11-16)18-5-6-18/h4,7-9,11-12,14-15,18,22H,5-6,10,13H2,1-3H3/t15-,22-/m0/s1. The molecule has 0 bridgehead atoms. The van der Waals surface area contributed by atoms with Crippen LogP contribution in [0.25, 0.3) is 22.3 Å². The molecule has 1 saturated heterocycles. The van der Waals surface area contributed by atoms with Crippen molar-refractivity contribution < 1.29 is 13.5 Å². The highest BCUT2D eigenvalue weighted by molar-refractivity contribution is 5.91. The summed E-state index contributed by atoms with van der Waals surface area (Å²) in [5, 5.41) is 9.76. The van der Waals surface area contributed by atoms with Gasteiger partial charge in [-0.2, -0.15) is 15.2 Å². The van der Waals surface area contributed by atoms with E-state index in [-0.39, 0.29) is 23.8 Å². The third-order valence-electron chi connectivity index (χ3n) is 6.56. The van der Waals surface area contributed by atoms with E-state index in [4.69, 9.17) is 14.7 Å². The molecule has 182 valence electrons. The summed E-state index contributed by atoms with van der Waals surface area (Å²) < 4.78 is 38.5. The van der Waals surface area contributed by atoms with E-state index in [0.717, 1.165) is 24.5 Å². The molecule has 35 heavy (non-hydrogen) atoms. The van der Waals surface area contributed by atoms with E-state index in [1.165, 1.54) is 12.1 Å². The number of hydrogen-bond donors (Lipinski definition) is 0. The summed E-state index contributed by atoms with van der Waals surface area (Å²) in [5.74, 6) is -0.861. The van der Waals surface area contributed by atoms with Gasteiger partial charge in [0, 0.05) is 42.2 Å². The Hall–Kier alpha value is -3.40. The lowest BCUT2D eigenvalue weighted by Crippen LogP contribution is -2.43. The molecule has 6 rings (SSSR count). The van der Waals surface area contributed by atoms with Crippen molar-refractivity contribution in [1.82, 2.24) is 29.5 Å². The zero-order chi connectivity index (χ0) is 24.3. The van der Waals surface area contributed by atoms with E-state index in [1.807, 2.05) is 42.7 Å². The first kappa shape index (κ1) is 22.1. The minimum atomic E-state index is -0.672. The number of fused-ring (bicyclic) bond motifs is 1. The topological polar surface area (TPSA) is 73.9 Å². The van der Waals surface area contributed by atoms with Gasteiger partial charge >= 0.3 is 0 Å². The van der Waals surface area contributed by atoms with Gasteiger partial charge < -0.3 is 9.64 Å². The zero-order valence-electron chi connectivity index (χ0n) is 19.9. The van der Waals surface area contributed by atoms with E-state index in [1.54, 1.807) is 4.68 Å². The minimum Gasteiger partial charge on any atom is -0.367 e. The molecular formula is C25H27F2N7O. The quantitative estimate of drug-likeness (QED) is 0.407. The van der Waals surface area contributed by atoms with Gasteiger partial charge in [0.05, 0.1) is 36.0 Å². The molecule has 2 atom stereocenters. The molecule has 4 aromatic rings. The highest BCUT2D eigenvalue weighted by Crippen LogP contribution is 2.36. The van der Waals surface area contributed by atoms with Crippen LogP contribution in [0.1, 0.15) is 57.4 Å². The number of benzene rings is 1. The predicted octanol–water partition coefficient (Wildman–Crippen LogP) is 4.85. The van der Waals surface area contributed by atoms with Gasteiger partial charge in [-0.1, -0.05) is 0 Å². The van der Waals surface area contributed by atoms with E-state index in [9.17, 15) is 8.78 Å². The molecule has 4 heterocycles. The Labute approximate surface area is 201 Å². The van der Waals surface area contributed by atoms with Gasteiger partial charge in [-0.05, 0) is 45.7 Å². The molecule has 0 unspecified atom stereocenters. The van der Waals surface area contributed by atoms with Crippen molar-refractivity contribution in [1.29, 1.82) is 0 Å². The molecule has 3 aromatic heterocycles. The SMILES string of the molecule is CC(C)n1cc2c(-c3ccc(F)cc3F)nc(N3C[C@@H](c4cnn(C5CC5)c4)O[C@@H](C)C3)nc2n1. The number of nitrogens with zero attached hydrogens (tertiary/aromatic N) is 7. The summed E-state index contributed by atoms with van der Waals surface area (Å²) >= 11 is 0. The van der Waals surface area contributed by atoms with Crippen LogP contribution in [0.3, 0.4) is 0 Å². The Balaban J connectivity index is 1.41. The summed E-state index contributed by atoms with van der Waals surface area (Å²) in [6.07, 6.45) is 7.81. The van der Waals surface area contributed by atoms with Gasteiger partial charge in [-0.15, -0.1) is 0 Å². The number of halogens is 2. The second-order valence-electron chi connectivity index (χ2n) is 9.76. The molecule has 2 aliphatic rings. The fourth-order valence-corrected chi connectivity index (χ4v) is 4.56. The van der Waals surface area contributed by atoms with Crippen LogP contribution in [0.4, 0.5) is 14.7 Å². The monoisotopic (exact) mass is 479 g/mol. The summed E-state index contributed by atoms with van der Waals surface area (Å²) in [5.41, 5.74) is 2.10. The van der Waals surface area contributed by atoms with Crippen LogP contribution < -0.4 is 4.90 Å². The number of morpholine rings is 1. The van der Waals surface area contributed by atoms with Crippen LogP contribution in [0.5, 0.6) is 0 Å². The lowest BCUT2D eigenvalue weighted by atomic mass is 10.1. The van der Waals surface area contributed by atoms with E-state index < -0.39 is 11.6 Å². The molecule has 0 radical (unpaired) electrons. The lowest BCUT2D eigenvalue weighted by Gasteiger charge is -2.36. The third kappa shape index (κ3) is 4.16. The molecule has 0 spiro atoms. The lowest BCUT2D eigenvalue weighted by molar-refractivity contribution is -0.0178. The van der Waals surface area contributed by atoms with E-state index in [2.05, 4.69) is 16.4 Å². The number of hydrogen-bond acceptors (Lipinski definition) is 6. The Bertz CT molecular complexity index is 1390. The molecule has 1 aromatic carbocycles. The van der Waals surface area contributed by atoms with Crippen molar-refractivity contribution in [3.05, 3.63) is 54.0 Å². The van der Waals surface area contributed by atoms with E-state index >= 15 is 0 Å². The average molecular weight is 480 g/mol. The molecule has 1 saturated carbocycles. The van der Waals surface area contributed by atoms with Crippen LogP contribution in [0.2, 0.25) is 0 Å². The molecule has 1 aliphatic carbocycles. The molecule has 2 fully saturated rings. The van der Waals surface area contributed by atoms with Gasteiger partial charge in [-0.25, -0.2) is 13.8 Å². The second-order valence-corrected chi connectivity index (χ2v) is 9.76. The number of anilines is 1. The maximum absolute atomic E-state index is 14.9. The van der Waals surface area contributed by atoms with Gasteiger partial charge in [0.1, 0.15) is 17.7 Å². The van der Waals surface area contributed by atoms with Crippen LogP contribution in [0, 0.1) is 11.6 Å². The summed E-state index contributed by atoms with van der Waals surface area (Å²) in [6, 6.07) is 4.12.